The molecule has 0 aliphatic rings. The first kappa shape index (κ1) is 14.1. The first-order valence-electron chi connectivity index (χ1n) is 7.01. The molecular formula is C17H16ClFN2. The highest BCUT2D eigenvalue weighted by atomic mass is 35.5. The maximum absolute atomic E-state index is 13.4. The summed E-state index contributed by atoms with van der Waals surface area (Å²) in [7, 11) is 0. The van der Waals surface area contributed by atoms with Gasteiger partial charge in [0.2, 0.25) is 0 Å². The van der Waals surface area contributed by atoms with Crippen molar-refractivity contribution in [2.75, 3.05) is 0 Å². The van der Waals surface area contributed by atoms with Gasteiger partial charge in [-0.15, -0.1) is 11.6 Å². The van der Waals surface area contributed by atoms with E-state index in [9.17, 15) is 4.39 Å². The van der Waals surface area contributed by atoms with Gasteiger partial charge in [-0.05, 0) is 43.2 Å². The van der Waals surface area contributed by atoms with Gasteiger partial charge in [0.05, 0.1) is 16.4 Å². The topological polar surface area (TPSA) is 17.8 Å². The average Bonchev–Trinajstić information content (AvgIpc) is 2.86. The number of halogens is 2. The Balaban J connectivity index is 2.25. The fraction of sp³-hybridized carbons (Fsp3) is 0.235. The molecule has 1 unspecified atom stereocenters. The third kappa shape index (κ3) is 2.54. The van der Waals surface area contributed by atoms with Gasteiger partial charge in [0.25, 0.3) is 0 Å². The predicted molar refractivity (Wildman–Crippen MR) is 84.7 cm³/mol. The number of benzene rings is 2. The van der Waals surface area contributed by atoms with E-state index in [1.807, 2.05) is 23.6 Å². The van der Waals surface area contributed by atoms with Gasteiger partial charge in [0.1, 0.15) is 11.6 Å². The Hall–Kier alpha value is -1.87. The van der Waals surface area contributed by atoms with Crippen molar-refractivity contribution in [2.24, 2.45) is 0 Å². The molecule has 0 N–H and O–H groups in total. The minimum absolute atomic E-state index is 0.258. The van der Waals surface area contributed by atoms with E-state index in [0.29, 0.717) is 5.52 Å². The Labute approximate surface area is 128 Å². The zero-order valence-electron chi connectivity index (χ0n) is 12.0. The first-order valence-corrected chi connectivity index (χ1v) is 7.45. The van der Waals surface area contributed by atoms with E-state index < -0.39 is 0 Å². The fourth-order valence-corrected chi connectivity index (χ4v) is 2.64. The van der Waals surface area contributed by atoms with Crippen molar-refractivity contribution in [3.63, 3.8) is 0 Å². The molecule has 2 nitrogen and oxygen atoms in total. The van der Waals surface area contributed by atoms with Crippen molar-refractivity contribution in [1.29, 1.82) is 0 Å². The molecule has 1 heterocycles. The average molecular weight is 303 g/mol. The Morgan fingerprint density at radius 1 is 1.19 bits per heavy atom. The monoisotopic (exact) mass is 302 g/mol. The van der Waals surface area contributed by atoms with Gasteiger partial charge >= 0.3 is 0 Å². The summed E-state index contributed by atoms with van der Waals surface area (Å²) in [5.74, 6) is 0.434. The van der Waals surface area contributed by atoms with Crippen LogP contribution in [-0.4, -0.2) is 9.55 Å². The van der Waals surface area contributed by atoms with Crippen molar-refractivity contribution in [3.8, 4) is 5.69 Å². The lowest BCUT2D eigenvalue weighted by atomic mass is 10.1. The third-order valence-corrected chi connectivity index (χ3v) is 3.80. The van der Waals surface area contributed by atoms with Gasteiger partial charge in [-0.3, -0.25) is 4.57 Å². The molecule has 0 aliphatic heterocycles. The van der Waals surface area contributed by atoms with Crippen LogP contribution in [0.5, 0.6) is 0 Å². The molecule has 1 aromatic heterocycles. The number of fused-ring (bicyclic) bond motifs is 1. The van der Waals surface area contributed by atoms with Gasteiger partial charge in [-0.25, -0.2) is 9.37 Å². The molecule has 2 aromatic carbocycles. The second-order valence-electron chi connectivity index (χ2n) is 5.07. The van der Waals surface area contributed by atoms with E-state index in [4.69, 9.17) is 11.6 Å². The molecule has 108 valence electrons. The van der Waals surface area contributed by atoms with Crippen molar-refractivity contribution in [1.82, 2.24) is 9.55 Å². The molecule has 21 heavy (non-hydrogen) atoms. The van der Waals surface area contributed by atoms with E-state index >= 15 is 0 Å². The maximum atomic E-state index is 13.4. The molecule has 0 spiro atoms. The molecule has 3 rings (SSSR count). The summed E-state index contributed by atoms with van der Waals surface area (Å²) in [6, 6.07) is 12.9. The summed E-state index contributed by atoms with van der Waals surface area (Å²) in [4.78, 5) is 4.48. The van der Waals surface area contributed by atoms with Crippen molar-refractivity contribution < 1.29 is 4.39 Å². The zero-order chi connectivity index (χ0) is 15.0. The van der Waals surface area contributed by atoms with Gasteiger partial charge < -0.3 is 0 Å². The second kappa shape index (κ2) is 5.49. The van der Waals surface area contributed by atoms with Crippen LogP contribution in [0.3, 0.4) is 0 Å². The van der Waals surface area contributed by atoms with Crippen LogP contribution in [0, 0.1) is 5.82 Å². The Morgan fingerprint density at radius 2 is 1.90 bits per heavy atom. The van der Waals surface area contributed by atoms with E-state index in [1.165, 1.54) is 17.7 Å². The highest BCUT2D eigenvalue weighted by molar-refractivity contribution is 6.20. The third-order valence-electron chi connectivity index (χ3n) is 3.60. The molecule has 4 heteroatoms. The normalized spacial score (nSPS) is 12.8. The maximum Gasteiger partial charge on any atom is 0.132 e. The molecule has 0 amide bonds. The minimum Gasteiger partial charge on any atom is -0.295 e. The van der Waals surface area contributed by atoms with E-state index in [2.05, 4.69) is 24.0 Å². The minimum atomic E-state index is -0.290. The lowest BCUT2D eigenvalue weighted by Gasteiger charge is -2.11. The predicted octanol–water partition coefficient (Wildman–Crippen LogP) is 5.03. The number of hydrogen-bond acceptors (Lipinski definition) is 1. The van der Waals surface area contributed by atoms with E-state index in [0.717, 1.165) is 23.4 Å². The first-order chi connectivity index (χ1) is 10.1. The van der Waals surface area contributed by atoms with Crippen molar-refractivity contribution >= 4 is 22.6 Å². The molecule has 0 saturated heterocycles. The van der Waals surface area contributed by atoms with Crippen molar-refractivity contribution in [3.05, 3.63) is 59.7 Å². The van der Waals surface area contributed by atoms with Crippen LogP contribution in [0.15, 0.2) is 42.5 Å². The van der Waals surface area contributed by atoms with Gasteiger partial charge in [0, 0.05) is 11.8 Å². The summed E-state index contributed by atoms with van der Waals surface area (Å²) in [6.07, 6.45) is 0.995. The van der Waals surface area contributed by atoms with Gasteiger partial charge in [0.15, 0.2) is 0 Å². The zero-order valence-corrected chi connectivity index (χ0v) is 12.7. The van der Waals surface area contributed by atoms with Crippen LogP contribution in [0.2, 0.25) is 0 Å². The quantitative estimate of drug-likeness (QED) is 0.621. The number of nitrogens with zero attached hydrogens (tertiary/aromatic N) is 2. The molecule has 0 aliphatic carbocycles. The van der Waals surface area contributed by atoms with Crippen LogP contribution in [0.1, 0.15) is 30.6 Å². The molecule has 0 saturated carbocycles. The molecular weight excluding hydrogens is 287 g/mol. The lowest BCUT2D eigenvalue weighted by Crippen LogP contribution is -2.02. The summed E-state index contributed by atoms with van der Waals surface area (Å²) in [5.41, 5.74) is 3.75. The number of aromatic nitrogens is 2. The second-order valence-corrected chi connectivity index (χ2v) is 5.73. The van der Waals surface area contributed by atoms with Crippen LogP contribution < -0.4 is 0 Å². The molecule has 0 bridgehead atoms. The smallest absolute Gasteiger partial charge is 0.132 e. The Kier molecular flexibility index (Phi) is 3.68. The molecule has 0 radical (unpaired) electrons. The standard InChI is InChI=1S/C17H16ClFN2/c1-3-12-4-7-14(8-5-12)21-16-9-6-13(19)10-15(16)20-17(21)11(2)18/h4-11H,3H2,1-2H3. The number of imidazole rings is 1. The number of aryl methyl sites for hydroxylation is 1. The molecule has 0 fully saturated rings. The summed E-state index contributed by atoms with van der Waals surface area (Å²) < 4.78 is 15.4. The highest BCUT2D eigenvalue weighted by Crippen LogP contribution is 2.28. The fourth-order valence-electron chi connectivity index (χ4n) is 2.49. The number of rotatable bonds is 3. The summed E-state index contributed by atoms with van der Waals surface area (Å²) >= 11 is 6.25. The number of hydrogen-bond donors (Lipinski definition) is 0. The molecule has 3 aromatic rings. The highest BCUT2D eigenvalue weighted by Gasteiger charge is 2.16. The van der Waals surface area contributed by atoms with Crippen LogP contribution in [-0.2, 0) is 6.42 Å². The van der Waals surface area contributed by atoms with Gasteiger partial charge in [-0.2, -0.15) is 0 Å². The van der Waals surface area contributed by atoms with Crippen LogP contribution >= 0.6 is 11.6 Å². The van der Waals surface area contributed by atoms with E-state index in [1.54, 1.807) is 6.07 Å². The molecule has 1 atom stereocenters. The van der Waals surface area contributed by atoms with E-state index in [-0.39, 0.29) is 11.2 Å². The Bertz CT molecular complexity index is 775. The van der Waals surface area contributed by atoms with Crippen LogP contribution in [0.25, 0.3) is 16.7 Å². The van der Waals surface area contributed by atoms with Gasteiger partial charge in [-0.1, -0.05) is 19.1 Å². The largest absolute Gasteiger partial charge is 0.295 e. The SMILES string of the molecule is CCc1ccc(-n2c(C(C)Cl)nc3cc(F)ccc32)cc1. The van der Waals surface area contributed by atoms with Crippen molar-refractivity contribution in [2.45, 2.75) is 25.6 Å². The Morgan fingerprint density at radius 3 is 2.52 bits per heavy atom. The number of alkyl halides is 1. The van der Waals surface area contributed by atoms with Crippen LogP contribution in [0.4, 0.5) is 4.39 Å². The summed E-state index contributed by atoms with van der Waals surface area (Å²) in [6.45, 7) is 3.99. The lowest BCUT2D eigenvalue weighted by molar-refractivity contribution is 0.629. The summed E-state index contributed by atoms with van der Waals surface area (Å²) in [5, 5.41) is -0.258.